The minimum absolute atomic E-state index is 0.105. The Kier molecular flexibility index (Phi) is 10.1. The fourth-order valence-corrected chi connectivity index (χ4v) is 4.29. The van der Waals surface area contributed by atoms with Crippen LogP contribution < -0.4 is 10.2 Å². The van der Waals surface area contributed by atoms with E-state index in [9.17, 15) is 32.3 Å². The monoisotopic (exact) mass is 549 g/mol. The molecule has 2 aromatic carbocycles. The lowest BCUT2D eigenvalue weighted by molar-refractivity contribution is -0.160. The van der Waals surface area contributed by atoms with Crippen molar-refractivity contribution in [2.75, 3.05) is 16.0 Å². The van der Waals surface area contributed by atoms with Crippen molar-refractivity contribution in [2.45, 2.75) is 57.2 Å². The number of hydrogen-bond acceptors (Lipinski definition) is 7. The number of nitrogens with one attached hydrogen (secondary N) is 1. The molecule has 3 amide bonds. The Hall–Kier alpha value is -3.85. The van der Waals surface area contributed by atoms with E-state index in [0.29, 0.717) is 16.6 Å². The van der Waals surface area contributed by atoms with Gasteiger partial charge in [-0.25, -0.2) is 0 Å². The van der Waals surface area contributed by atoms with E-state index in [-0.39, 0.29) is 36.1 Å². The Bertz CT molecular complexity index is 1240. The van der Waals surface area contributed by atoms with Crippen molar-refractivity contribution in [1.29, 1.82) is 5.26 Å². The molecular formula is C26H26F3N3O5S. The molecule has 12 heteroatoms. The lowest BCUT2D eigenvalue weighted by Crippen LogP contribution is -2.46. The number of nitriles is 1. The average molecular weight is 550 g/mol. The number of alkyl halides is 3. The van der Waals surface area contributed by atoms with Gasteiger partial charge in [-0.05, 0) is 49.4 Å². The van der Waals surface area contributed by atoms with Gasteiger partial charge in [-0.1, -0.05) is 13.8 Å². The van der Waals surface area contributed by atoms with Crippen molar-refractivity contribution in [3.05, 3.63) is 53.6 Å². The Balaban J connectivity index is 2.25. The first-order valence-corrected chi connectivity index (χ1v) is 12.4. The van der Waals surface area contributed by atoms with Crippen LogP contribution in [-0.4, -0.2) is 35.0 Å². The molecule has 8 nitrogen and oxygen atoms in total. The second kappa shape index (κ2) is 12.6. The molecule has 2 rings (SSSR count). The minimum Gasteiger partial charge on any atom is -0.448 e. The normalized spacial score (nSPS) is 12.6. The third kappa shape index (κ3) is 7.58. The van der Waals surface area contributed by atoms with E-state index in [1.54, 1.807) is 38.1 Å². The summed E-state index contributed by atoms with van der Waals surface area (Å²) in [4.78, 5) is 50.9. The van der Waals surface area contributed by atoms with Crippen LogP contribution in [0.15, 0.2) is 47.4 Å². The van der Waals surface area contributed by atoms with Crippen LogP contribution in [0.1, 0.15) is 51.7 Å². The van der Waals surface area contributed by atoms with Gasteiger partial charge in [0, 0.05) is 36.1 Å². The smallest absolute Gasteiger partial charge is 0.417 e. The molecule has 0 spiro atoms. The summed E-state index contributed by atoms with van der Waals surface area (Å²) in [5.41, 5.74) is -3.43. The summed E-state index contributed by atoms with van der Waals surface area (Å²) in [5.74, 6) is -2.46. The van der Waals surface area contributed by atoms with Crippen molar-refractivity contribution in [3.8, 4) is 6.07 Å². The predicted octanol–water partition coefficient (Wildman–Crippen LogP) is 5.31. The summed E-state index contributed by atoms with van der Waals surface area (Å²) in [6.07, 6.45) is -4.53. The second-order valence-corrected chi connectivity index (χ2v) is 9.31. The van der Waals surface area contributed by atoms with Crippen LogP contribution in [0.2, 0.25) is 0 Å². The maximum Gasteiger partial charge on any atom is 0.417 e. The van der Waals surface area contributed by atoms with Gasteiger partial charge < -0.3 is 10.1 Å². The molecule has 0 bridgehead atoms. The summed E-state index contributed by atoms with van der Waals surface area (Å²) in [7, 11) is 0. The number of thioether (sulfide) groups is 1. The fraction of sp³-hybridized carbons (Fsp3) is 0.346. The van der Waals surface area contributed by atoms with Gasteiger partial charge in [0.05, 0.1) is 22.9 Å². The third-order valence-electron chi connectivity index (χ3n) is 5.27. The first-order chi connectivity index (χ1) is 17.7. The van der Waals surface area contributed by atoms with E-state index < -0.39 is 34.8 Å². The summed E-state index contributed by atoms with van der Waals surface area (Å²) in [5, 5.41) is 11.3. The number of esters is 1. The Labute approximate surface area is 222 Å². The Morgan fingerprint density at radius 1 is 1.03 bits per heavy atom. The van der Waals surface area contributed by atoms with Crippen LogP contribution in [0.4, 0.5) is 24.5 Å². The Morgan fingerprint density at radius 3 is 2.08 bits per heavy atom. The number of hydrogen-bond donors (Lipinski definition) is 1. The van der Waals surface area contributed by atoms with E-state index in [1.807, 2.05) is 0 Å². The Morgan fingerprint density at radius 2 is 1.61 bits per heavy atom. The number of benzene rings is 2. The number of carbonyl (C=O) groups is 4. The van der Waals surface area contributed by atoms with E-state index in [4.69, 9.17) is 10.00 Å². The van der Waals surface area contributed by atoms with E-state index in [1.165, 1.54) is 13.0 Å². The molecule has 202 valence electrons. The number of carbonyl (C=O) groups excluding carboxylic acids is 4. The third-order valence-corrected chi connectivity index (χ3v) is 6.57. The van der Waals surface area contributed by atoms with Crippen LogP contribution in [0.5, 0.6) is 0 Å². The molecule has 0 unspecified atom stereocenters. The van der Waals surface area contributed by atoms with Crippen LogP contribution in [0.3, 0.4) is 0 Å². The van der Waals surface area contributed by atoms with Gasteiger partial charge in [-0.3, -0.25) is 24.1 Å². The van der Waals surface area contributed by atoms with Crippen molar-refractivity contribution in [2.24, 2.45) is 0 Å². The van der Waals surface area contributed by atoms with E-state index in [2.05, 4.69) is 5.32 Å². The first-order valence-electron chi connectivity index (χ1n) is 11.5. The molecule has 1 atom stereocenters. The lowest BCUT2D eigenvalue weighted by atomic mass is 10.1. The largest absolute Gasteiger partial charge is 0.448 e. The number of amides is 3. The molecule has 0 radical (unpaired) electrons. The zero-order chi connectivity index (χ0) is 28.7. The van der Waals surface area contributed by atoms with Gasteiger partial charge in [0.15, 0.2) is 5.60 Å². The summed E-state index contributed by atoms with van der Waals surface area (Å²) in [6.45, 7) is 5.70. The van der Waals surface area contributed by atoms with Gasteiger partial charge in [-0.2, -0.15) is 18.4 Å². The zero-order valence-electron chi connectivity index (χ0n) is 21.1. The van der Waals surface area contributed by atoms with Crippen molar-refractivity contribution in [1.82, 2.24) is 0 Å². The topological polar surface area (TPSA) is 117 Å². The number of imide groups is 1. The van der Waals surface area contributed by atoms with Gasteiger partial charge in [0.2, 0.25) is 11.8 Å². The summed E-state index contributed by atoms with van der Waals surface area (Å²) < 4.78 is 45.1. The molecule has 0 aromatic heterocycles. The average Bonchev–Trinajstić information content (AvgIpc) is 2.87. The highest BCUT2D eigenvalue weighted by Crippen LogP contribution is 2.34. The molecule has 0 aliphatic heterocycles. The van der Waals surface area contributed by atoms with Gasteiger partial charge in [-0.15, -0.1) is 11.8 Å². The van der Waals surface area contributed by atoms with Gasteiger partial charge in [0.1, 0.15) is 0 Å². The minimum atomic E-state index is -4.81. The molecule has 0 saturated carbocycles. The van der Waals surface area contributed by atoms with Crippen LogP contribution in [0.25, 0.3) is 0 Å². The standard InChI is InChI=1S/C26H26F3N3O5S/c1-5-22(34)32(23(35)6-2)19-9-11-20(12-10-19)38-15-25(4,37-16(3)33)24(36)31-18-8-7-17(14-30)21(13-18)26(27,28)29/h7-13H,5-6,15H2,1-4H3,(H,31,36)/t25-/m0/s1. The van der Waals surface area contributed by atoms with Gasteiger partial charge >= 0.3 is 12.1 Å². The lowest BCUT2D eigenvalue weighted by Gasteiger charge is -2.28. The fourth-order valence-electron chi connectivity index (χ4n) is 3.33. The maximum absolute atomic E-state index is 13.3. The quantitative estimate of drug-likeness (QED) is 0.333. The summed E-state index contributed by atoms with van der Waals surface area (Å²) in [6, 6.07) is 10.6. The SMILES string of the molecule is CCC(=O)N(C(=O)CC)c1ccc(SC[C@](C)(OC(C)=O)C(=O)Nc2ccc(C#N)c(C(F)(F)F)c2)cc1. The highest BCUT2D eigenvalue weighted by molar-refractivity contribution is 7.99. The predicted molar refractivity (Wildman–Crippen MR) is 135 cm³/mol. The van der Waals surface area contributed by atoms with Crippen molar-refractivity contribution < 1.29 is 37.1 Å². The number of ether oxygens (including phenoxy) is 1. The molecule has 1 N–H and O–H groups in total. The van der Waals surface area contributed by atoms with Crippen molar-refractivity contribution in [3.63, 3.8) is 0 Å². The van der Waals surface area contributed by atoms with Crippen LogP contribution in [-0.2, 0) is 30.1 Å². The highest BCUT2D eigenvalue weighted by Gasteiger charge is 2.38. The number of anilines is 2. The number of rotatable bonds is 9. The molecule has 0 fully saturated rings. The molecule has 0 heterocycles. The van der Waals surface area contributed by atoms with Crippen molar-refractivity contribution >= 4 is 46.8 Å². The van der Waals surface area contributed by atoms with Crippen LogP contribution in [0, 0.1) is 11.3 Å². The molecular weight excluding hydrogens is 523 g/mol. The summed E-state index contributed by atoms with van der Waals surface area (Å²) >= 11 is 1.12. The molecule has 38 heavy (non-hydrogen) atoms. The molecule has 0 saturated heterocycles. The highest BCUT2D eigenvalue weighted by atomic mass is 32.2. The number of nitrogens with zero attached hydrogens (tertiary/aromatic N) is 2. The van der Waals surface area contributed by atoms with E-state index in [0.717, 1.165) is 35.7 Å². The molecule has 0 aliphatic carbocycles. The number of halogens is 3. The van der Waals surface area contributed by atoms with Crippen LogP contribution >= 0.6 is 11.8 Å². The molecule has 0 aliphatic rings. The zero-order valence-corrected chi connectivity index (χ0v) is 22.0. The van der Waals surface area contributed by atoms with Gasteiger partial charge in [0.25, 0.3) is 5.91 Å². The molecule has 2 aromatic rings. The van der Waals surface area contributed by atoms with E-state index >= 15 is 0 Å². The maximum atomic E-state index is 13.3. The first kappa shape index (κ1) is 30.4. The second-order valence-electron chi connectivity index (χ2n) is 8.26.